The Balaban J connectivity index is 2.06. The van der Waals surface area contributed by atoms with Crippen molar-refractivity contribution in [1.29, 1.82) is 0 Å². The maximum absolute atomic E-state index is 12.9. The van der Waals surface area contributed by atoms with E-state index in [4.69, 9.17) is 11.2 Å². The molecule has 3 rings (SSSR count). The Bertz CT molecular complexity index is 981. The normalized spacial score (nSPS) is 14.9. The summed E-state index contributed by atoms with van der Waals surface area (Å²) in [5.74, 6) is 2.47. The molecule has 0 unspecified atom stereocenters. The quantitative estimate of drug-likeness (QED) is 0.617. The molecule has 1 aromatic carbocycles. The number of aryl methyl sites for hydroxylation is 1. The summed E-state index contributed by atoms with van der Waals surface area (Å²) in [6.07, 6.45) is 7.05. The van der Waals surface area contributed by atoms with Gasteiger partial charge < -0.3 is 4.74 Å². The van der Waals surface area contributed by atoms with Crippen LogP contribution in [0.4, 0.5) is 0 Å². The average molecular weight is 344 g/mol. The van der Waals surface area contributed by atoms with Crippen molar-refractivity contribution < 1.29 is 17.9 Å². The Hall–Kier alpha value is -2.59. The molecule has 0 N–H and O–H groups in total. The van der Waals surface area contributed by atoms with Gasteiger partial charge in [0.15, 0.2) is 22.2 Å². The molecule has 1 aliphatic rings. The number of fused-ring (bicyclic) bond motifs is 1. The fraction of sp³-hybridized carbons (Fsp3) is 0.294. The Labute approximate surface area is 140 Å². The number of sulfone groups is 1. The molecule has 0 saturated carbocycles. The van der Waals surface area contributed by atoms with E-state index in [1.807, 2.05) is 0 Å². The predicted octanol–water partition coefficient (Wildman–Crippen LogP) is 1.30. The third kappa shape index (κ3) is 2.49. The second kappa shape index (κ2) is 5.80. The predicted molar refractivity (Wildman–Crippen MR) is 87.9 cm³/mol. The molecule has 7 heteroatoms. The highest BCUT2D eigenvalue weighted by atomic mass is 32.2. The molecule has 0 bridgehead atoms. The van der Waals surface area contributed by atoms with Crippen LogP contribution in [0.25, 0.3) is 0 Å². The monoisotopic (exact) mass is 344 g/mol. The third-order valence-corrected chi connectivity index (χ3v) is 5.97. The lowest BCUT2D eigenvalue weighted by Crippen LogP contribution is -2.09. The summed E-state index contributed by atoms with van der Waals surface area (Å²) in [5, 5.41) is 4.05. The average Bonchev–Trinajstić information content (AvgIpc) is 3.06. The topological polar surface area (TPSA) is 78.3 Å². The number of carbonyl (C=O) groups is 1. The standard InChI is InChI=1S/C17H16N2O4S/c1-4-8-23-17-14(10-18-19(17)3)16(20)13-5-6-15-12(11(13)2)7-9-24(15,21)22/h1,5-6,10H,7-9H2,2-3H3. The van der Waals surface area contributed by atoms with Crippen LogP contribution < -0.4 is 4.74 Å². The van der Waals surface area contributed by atoms with Crippen LogP contribution in [-0.4, -0.2) is 36.3 Å². The highest BCUT2D eigenvalue weighted by molar-refractivity contribution is 7.91. The zero-order valence-corrected chi connectivity index (χ0v) is 14.2. The van der Waals surface area contributed by atoms with Gasteiger partial charge in [0.25, 0.3) is 0 Å². The molecule has 0 aliphatic carbocycles. The number of carbonyl (C=O) groups excluding carboxylic acids is 1. The van der Waals surface area contributed by atoms with E-state index < -0.39 is 9.84 Å². The van der Waals surface area contributed by atoms with E-state index >= 15 is 0 Å². The van der Waals surface area contributed by atoms with Crippen molar-refractivity contribution in [3.05, 3.63) is 40.6 Å². The van der Waals surface area contributed by atoms with Crippen molar-refractivity contribution in [2.75, 3.05) is 12.4 Å². The van der Waals surface area contributed by atoms with E-state index in [1.165, 1.54) is 16.9 Å². The van der Waals surface area contributed by atoms with E-state index in [9.17, 15) is 13.2 Å². The molecule has 6 nitrogen and oxygen atoms in total. The second-order valence-corrected chi connectivity index (χ2v) is 7.67. The lowest BCUT2D eigenvalue weighted by atomic mass is 9.95. The van der Waals surface area contributed by atoms with Crippen molar-refractivity contribution in [3.8, 4) is 18.2 Å². The van der Waals surface area contributed by atoms with Crippen LogP contribution in [0.2, 0.25) is 0 Å². The highest BCUT2D eigenvalue weighted by Crippen LogP contribution is 2.32. The summed E-state index contributed by atoms with van der Waals surface area (Å²) in [6.45, 7) is 1.80. The Morgan fingerprint density at radius 3 is 2.88 bits per heavy atom. The van der Waals surface area contributed by atoms with E-state index in [1.54, 1.807) is 20.0 Å². The van der Waals surface area contributed by atoms with Crippen LogP contribution in [0, 0.1) is 19.3 Å². The Morgan fingerprint density at radius 1 is 1.42 bits per heavy atom. The van der Waals surface area contributed by atoms with Gasteiger partial charge in [0.05, 0.1) is 16.8 Å². The van der Waals surface area contributed by atoms with Gasteiger partial charge in [-0.05, 0) is 36.6 Å². The summed E-state index contributed by atoms with van der Waals surface area (Å²) in [5.41, 5.74) is 2.15. The smallest absolute Gasteiger partial charge is 0.224 e. The minimum atomic E-state index is -3.23. The first-order valence-electron chi connectivity index (χ1n) is 7.35. The number of ketones is 1. The van der Waals surface area contributed by atoms with Crippen LogP contribution in [0.5, 0.6) is 5.88 Å². The largest absolute Gasteiger partial charge is 0.464 e. The number of nitrogens with zero attached hydrogens (tertiary/aromatic N) is 2. The molecule has 1 aromatic heterocycles. The van der Waals surface area contributed by atoms with Gasteiger partial charge in [0, 0.05) is 12.6 Å². The zero-order chi connectivity index (χ0) is 17.5. The highest BCUT2D eigenvalue weighted by Gasteiger charge is 2.30. The molecule has 124 valence electrons. The van der Waals surface area contributed by atoms with Crippen LogP contribution in [0.3, 0.4) is 0 Å². The fourth-order valence-corrected chi connectivity index (χ4v) is 4.53. The first-order chi connectivity index (χ1) is 11.4. The van der Waals surface area contributed by atoms with Gasteiger partial charge >= 0.3 is 0 Å². The van der Waals surface area contributed by atoms with E-state index in [0.29, 0.717) is 33.9 Å². The molecule has 0 fully saturated rings. The van der Waals surface area contributed by atoms with Gasteiger partial charge in [-0.25, -0.2) is 13.1 Å². The molecule has 2 heterocycles. The molecular weight excluding hydrogens is 328 g/mol. The Kier molecular flexibility index (Phi) is 3.93. The van der Waals surface area contributed by atoms with Crippen LogP contribution in [0.1, 0.15) is 27.0 Å². The van der Waals surface area contributed by atoms with Crippen LogP contribution >= 0.6 is 0 Å². The molecule has 0 spiro atoms. The maximum Gasteiger partial charge on any atom is 0.224 e. The van der Waals surface area contributed by atoms with Crippen molar-refractivity contribution in [3.63, 3.8) is 0 Å². The number of terminal acetylenes is 1. The third-order valence-electron chi connectivity index (χ3n) is 4.18. The van der Waals surface area contributed by atoms with Gasteiger partial charge in [0.2, 0.25) is 5.88 Å². The lowest BCUT2D eigenvalue weighted by Gasteiger charge is -2.10. The molecule has 0 radical (unpaired) electrons. The number of hydrogen-bond acceptors (Lipinski definition) is 5. The minimum Gasteiger partial charge on any atom is -0.464 e. The van der Waals surface area contributed by atoms with Gasteiger partial charge in [-0.1, -0.05) is 5.92 Å². The summed E-state index contributed by atoms with van der Waals surface area (Å²) >= 11 is 0. The van der Waals surface area contributed by atoms with Gasteiger partial charge in [0.1, 0.15) is 5.56 Å². The van der Waals surface area contributed by atoms with Crippen molar-refractivity contribution in [1.82, 2.24) is 9.78 Å². The van der Waals surface area contributed by atoms with Gasteiger partial charge in [-0.3, -0.25) is 4.79 Å². The van der Waals surface area contributed by atoms with Crippen molar-refractivity contribution in [2.24, 2.45) is 7.05 Å². The van der Waals surface area contributed by atoms with Gasteiger partial charge in [-0.15, -0.1) is 6.42 Å². The van der Waals surface area contributed by atoms with E-state index in [2.05, 4.69) is 11.0 Å². The SMILES string of the molecule is C#CCOc1c(C(=O)c2ccc3c(c2C)CCS3(=O)=O)cnn1C. The molecule has 2 aromatic rings. The molecule has 0 amide bonds. The van der Waals surface area contributed by atoms with Crippen molar-refractivity contribution in [2.45, 2.75) is 18.2 Å². The van der Waals surface area contributed by atoms with Crippen molar-refractivity contribution >= 4 is 15.6 Å². The first kappa shape index (κ1) is 16.3. The second-order valence-electron chi connectivity index (χ2n) is 5.59. The number of rotatable bonds is 4. The van der Waals surface area contributed by atoms with E-state index in [-0.39, 0.29) is 18.1 Å². The summed E-state index contributed by atoms with van der Waals surface area (Å²) < 4.78 is 30.8. The molecule has 24 heavy (non-hydrogen) atoms. The fourth-order valence-electron chi connectivity index (χ4n) is 2.93. The van der Waals surface area contributed by atoms with Crippen LogP contribution in [0.15, 0.2) is 23.2 Å². The molecular formula is C17H16N2O4S. The minimum absolute atomic E-state index is 0.0290. The van der Waals surface area contributed by atoms with E-state index in [0.717, 1.165) is 5.56 Å². The van der Waals surface area contributed by atoms with Crippen LogP contribution in [-0.2, 0) is 23.3 Å². The maximum atomic E-state index is 12.9. The summed E-state index contributed by atoms with van der Waals surface area (Å²) in [4.78, 5) is 13.2. The summed E-state index contributed by atoms with van der Waals surface area (Å²) in [7, 11) is -1.57. The molecule has 0 saturated heterocycles. The Morgan fingerprint density at radius 2 is 2.17 bits per heavy atom. The summed E-state index contributed by atoms with van der Waals surface area (Å²) in [6, 6.07) is 3.06. The van der Waals surface area contributed by atoms with Gasteiger partial charge in [-0.2, -0.15) is 5.10 Å². The number of ether oxygens (including phenoxy) is 1. The number of hydrogen-bond donors (Lipinski definition) is 0. The number of benzene rings is 1. The molecule has 1 aliphatic heterocycles. The number of aromatic nitrogens is 2. The zero-order valence-electron chi connectivity index (χ0n) is 13.4. The first-order valence-corrected chi connectivity index (χ1v) is 9.00. The lowest BCUT2D eigenvalue weighted by molar-refractivity contribution is 0.103. The molecule has 0 atom stereocenters.